The molecule has 0 saturated carbocycles. The summed E-state index contributed by atoms with van der Waals surface area (Å²) in [6, 6.07) is 9.40. The van der Waals surface area contributed by atoms with Crippen LogP contribution in [0.15, 0.2) is 36.7 Å². The van der Waals surface area contributed by atoms with E-state index in [-0.39, 0.29) is 0 Å². The van der Waals surface area contributed by atoms with Crippen LogP contribution in [0, 0.1) is 6.92 Å². The predicted octanol–water partition coefficient (Wildman–Crippen LogP) is 3.18. The molecular weight excluding hydrogens is 306 g/mol. The Morgan fingerprint density at radius 3 is 2.61 bits per heavy atom. The van der Waals surface area contributed by atoms with Crippen LogP contribution in [0.2, 0.25) is 0 Å². The maximum atomic E-state index is 5.52. The number of aryl methyl sites for hydroxylation is 1. The lowest BCUT2D eigenvalue weighted by Crippen LogP contribution is -2.42. The van der Waals surface area contributed by atoms with Crippen molar-refractivity contribution in [3.05, 3.63) is 52.0 Å². The van der Waals surface area contributed by atoms with Crippen LogP contribution in [0.3, 0.4) is 0 Å². The van der Waals surface area contributed by atoms with Gasteiger partial charge in [0.05, 0.1) is 19.3 Å². The molecule has 23 heavy (non-hydrogen) atoms. The summed E-state index contributed by atoms with van der Waals surface area (Å²) in [5.41, 5.74) is 1.28. The Hall–Kier alpha value is -1.27. The van der Waals surface area contributed by atoms with Crippen LogP contribution in [0.25, 0.3) is 0 Å². The normalized spacial score (nSPS) is 18.7. The molecule has 1 fully saturated rings. The Morgan fingerprint density at radius 1 is 1.22 bits per heavy atom. The first kappa shape index (κ1) is 16.6. The number of morpholine rings is 1. The minimum absolute atomic E-state index is 0.322. The van der Waals surface area contributed by atoms with E-state index < -0.39 is 0 Å². The summed E-state index contributed by atoms with van der Waals surface area (Å²) in [5.74, 6) is 0. The Morgan fingerprint density at radius 2 is 1.96 bits per heavy atom. The first-order valence-electron chi connectivity index (χ1n) is 8.25. The fourth-order valence-corrected chi connectivity index (χ4v) is 4.00. The van der Waals surface area contributed by atoms with Crippen LogP contribution >= 0.6 is 11.3 Å². The fourth-order valence-electron chi connectivity index (χ4n) is 2.99. The van der Waals surface area contributed by atoms with Crippen molar-refractivity contribution in [2.45, 2.75) is 25.9 Å². The van der Waals surface area contributed by atoms with Crippen molar-refractivity contribution in [3.8, 4) is 0 Å². The number of rotatable bonds is 6. The van der Waals surface area contributed by atoms with E-state index in [1.807, 2.05) is 23.7 Å². The van der Waals surface area contributed by atoms with Crippen molar-refractivity contribution in [2.75, 3.05) is 32.8 Å². The lowest BCUT2D eigenvalue weighted by atomic mass is 10.1. The van der Waals surface area contributed by atoms with E-state index in [1.54, 1.807) is 0 Å². The summed E-state index contributed by atoms with van der Waals surface area (Å²) in [7, 11) is 0. The Balaban J connectivity index is 1.68. The van der Waals surface area contributed by atoms with Gasteiger partial charge in [0.25, 0.3) is 0 Å². The Kier molecular flexibility index (Phi) is 5.78. The van der Waals surface area contributed by atoms with Crippen LogP contribution in [-0.4, -0.2) is 42.7 Å². The van der Waals surface area contributed by atoms with Crippen LogP contribution < -0.4 is 5.32 Å². The first-order chi connectivity index (χ1) is 11.2. The zero-order chi connectivity index (χ0) is 16.1. The van der Waals surface area contributed by atoms with Gasteiger partial charge in [0.1, 0.15) is 0 Å². The summed E-state index contributed by atoms with van der Waals surface area (Å²) in [5, 5.41) is 3.70. The number of nitrogens with zero attached hydrogens (tertiary/aromatic N) is 2. The second-order valence-electron chi connectivity index (χ2n) is 6.02. The van der Waals surface area contributed by atoms with E-state index in [9.17, 15) is 0 Å². The number of pyridine rings is 1. The molecule has 0 aromatic carbocycles. The van der Waals surface area contributed by atoms with E-state index >= 15 is 0 Å². The maximum Gasteiger partial charge on any atom is 0.0594 e. The van der Waals surface area contributed by atoms with Gasteiger partial charge in [0, 0.05) is 47.8 Å². The zero-order valence-corrected chi connectivity index (χ0v) is 14.7. The fraction of sp³-hybridized carbons (Fsp3) is 0.500. The van der Waals surface area contributed by atoms with Crippen LogP contribution in [0.4, 0.5) is 0 Å². The highest BCUT2D eigenvalue weighted by Gasteiger charge is 2.24. The summed E-state index contributed by atoms with van der Waals surface area (Å²) < 4.78 is 5.52. The summed E-state index contributed by atoms with van der Waals surface area (Å²) in [6.45, 7) is 9.02. The molecule has 0 radical (unpaired) electrons. The molecule has 0 amide bonds. The largest absolute Gasteiger partial charge is 0.379 e. The number of hydrogen-bond acceptors (Lipinski definition) is 5. The van der Waals surface area contributed by atoms with Crippen molar-refractivity contribution in [1.82, 2.24) is 15.2 Å². The molecule has 0 unspecified atom stereocenters. The summed E-state index contributed by atoms with van der Waals surface area (Å²) >= 11 is 1.90. The minimum atomic E-state index is 0.322. The minimum Gasteiger partial charge on any atom is -0.379 e. The molecule has 1 aliphatic heterocycles. The van der Waals surface area contributed by atoms with Gasteiger partial charge in [-0.1, -0.05) is 0 Å². The molecule has 2 aromatic rings. The van der Waals surface area contributed by atoms with Crippen molar-refractivity contribution >= 4 is 11.3 Å². The number of aromatic nitrogens is 1. The van der Waals surface area contributed by atoms with Crippen LogP contribution in [0.5, 0.6) is 0 Å². The van der Waals surface area contributed by atoms with E-state index in [1.165, 1.54) is 15.3 Å². The summed E-state index contributed by atoms with van der Waals surface area (Å²) in [4.78, 5) is 9.46. The lowest BCUT2D eigenvalue weighted by molar-refractivity contribution is 0.0164. The van der Waals surface area contributed by atoms with Crippen molar-refractivity contribution in [2.24, 2.45) is 0 Å². The molecular formula is C18H25N3OS. The first-order valence-corrected chi connectivity index (χ1v) is 9.07. The Labute approximate surface area is 142 Å². The third kappa shape index (κ3) is 4.38. The van der Waals surface area contributed by atoms with Gasteiger partial charge in [0.15, 0.2) is 0 Å². The highest BCUT2D eigenvalue weighted by molar-refractivity contribution is 7.12. The number of hydrogen-bond donors (Lipinski definition) is 1. The Bertz CT molecular complexity index is 595. The smallest absolute Gasteiger partial charge is 0.0594 e. The average molecular weight is 331 g/mol. The third-order valence-electron chi connectivity index (χ3n) is 4.40. The molecule has 3 rings (SSSR count). The van der Waals surface area contributed by atoms with Gasteiger partial charge in [-0.3, -0.25) is 9.88 Å². The third-order valence-corrected chi connectivity index (χ3v) is 5.50. The molecule has 0 bridgehead atoms. The molecule has 1 saturated heterocycles. The van der Waals surface area contributed by atoms with Crippen LogP contribution in [0.1, 0.15) is 34.3 Å². The number of thiophene rings is 1. The maximum absolute atomic E-state index is 5.52. The molecule has 3 heterocycles. The van der Waals surface area contributed by atoms with Gasteiger partial charge in [-0.05, 0) is 43.7 Å². The molecule has 2 aromatic heterocycles. The molecule has 1 aliphatic rings. The summed E-state index contributed by atoms with van der Waals surface area (Å²) in [6.07, 6.45) is 3.71. The van der Waals surface area contributed by atoms with E-state index in [4.69, 9.17) is 4.74 Å². The second-order valence-corrected chi connectivity index (χ2v) is 7.34. The quantitative estimate of drug-likeness (QED) is 0.882. The van der Waals surface area contributed by atoms with Crippen molar-refractivity contribution in [3.63, 3.8) is 0 Å². The zero-order valence-electron chi connectivity index (χ0n) is 13.9. The standard InChI is InChI=1S/C18H25N3OS/c1-14-3-4-18(23-14)17(21-9-11-22-12-10-21)13-20-15(2)16-5-7-19-8-6-16/h3-8,15,17,20H,9-13H2,1-2H3/t15-,17-/m1/s1. The van der Waals surface area contributed by atoms with E-state index in [0.29, 0.717) is 12.1 Å². The van der Waals surface area contributed by atoms with Crippen molar-refractivity contribution in [1.29, 1.82) is 0 Å². The molecule has 0 aliphatic carbocycles. The predicted molar refractivity (Wildman–Crippen MR) is 94.8 cm³/mol. The van der Waals surface area contributed by atoms with Crippen LogP contribution in [-0.2, 0) is 4.74 Å². The lowest BCUT2D eigenvalue weighted by Gasteiger charge is -2.34. The monoisotopic (exact) mass is 331 g/mol. The molecule has 2 atom stereocenters. The van der Waals surface area contributed by atoms with Gasteiger partial charge in [-0.15, -0.1) is 11.3 Å². The van der Waals surface area contributed by atoms with Gasteiger partial charge in [-0.25, -0.2) is 0 Å². The molecule has 124 valence electrons. The van der Waals surface area contributed by atoms with Gasteiger partial charge in [-0.2, -0.15) is 0 Å². The molecule has 5 heteroatoms. The van der Waals surface area contributed by atoms with Gasteiger partial charge in [0.2, 0.25) is 0 Å². The molecule has 4 nitrogen and oxygen atoms in total. The SMILES string of the molecule is Cc1ccc([C@@H](CN[C@H](C)c2ccncc2)N2CCOCC2)s1. The molecule has 0 spiro atoms. The second kappa shape index (κ2) is 8.02. The van der Waals surface area contributed by atoms with Gasteiger partial charge >= 0.3 is 0 Å². The highest BCUT2D eigenvalue weighted by Crippen LogP contribution is 2.28. The highest BCUT2D eigenvalue weighted by atomic mass is 32.1. The van der Waals surface area contributed by atoms with Gasteiger partial charge < -0.3 is 10.1 Å². The van der Waals surface area contributed by atoms with Crippen molar-refractivity contribution < 1.29 is 4.74 Å². The molecule has 1 N–H and O–H groups in total. The topological polar surface area (TPSA) is 37.4 Å². The number of nitrogens with one attached hydrogen (secondary N) is 1. The number of ether oxygens (including phenoxy) is 1. The average Bonchev–Trinajstić information content (AvgIpc) is 3.03. The van der Waals surface area contributed by atoms with E-state index in [0.717, 1.165) is 32.8 Å². The van der Waals surface area contributed by atoms with E-state index in [2.05, 4.69) is 53.3 Å².